The van der Waals surface area contributed by atoms with Gasteiger partial charge in [0.25, 0.3) is 9.28 Å². The third-order valence-corrected chi connectivity index (χ3v) is 5.29. The molecular formula is C8H23N3Si. The zero-order chi connectivity index (χ0) is 9.72. The molecule has 0 aliphatic carbocycles. The summed E-state index contributed by atoms with van der Waals surface area (Å²) in [5, 5.41) is 0. The van der Waals surface area contributed by atoms with Gasteiger partial charge in [-0.25, -0.2) is 0 Å². The molecule has 0 radical (unpaired) electrons. The van der Waals surface area contributed by atoms with Crippen LogP contribution < -0.4 is 0 Å². The van der Waals surface area contributed by atoms with Crippen LogP contribution in [-0.4, -0.2) is 64.3 Å². The van der Waals surface area contributed by atoms with Crippen LogP contribution in [0, 0.1) is 0 Å². The van der Waals surface area contributed by atoms with Crippen LogP contribution in [0.3, 0.4) is 0 Å². The molecule has 0 saturated heterocycles. The Labute approximate surface area is 78.8 Å². The van der Waals surface area contributed by atoms with Crippen LogP contribution in [0.2, 0.25) is 0 Å². The van der Waals surface area contributed by atoms with Crippen molar-refractivity contribution in [2.24, 2.45) is 0 Å². The Kier molecular flexibility index (Phi) is 5.74. The lowest BCUT2D eigenvalue weighted by Crippen LogP contribution is -2.58. The third-order valence-electron chi connectivity index (χ3n) is 2.06. The molecule has 74 valence electrons. The molecule has 0 fully saturated rings. The van der Waals surface area contributed by atoms with Crippen LogP contribution in [0.1, 0.15) is 13.8 Å². The summed E-state index contributed by atoms with van der Waals surface area (Å²) in [7, 11) is 7.71. The monoisotopic (exact) mass is 189 g/mol. The number of rotatable bonds is 5. The Morgan fingerprint density at radius 1 is 0.833 bits per heavy atom. The van der Waals surface area contributed by atoms with Crippen molar-refractivity contribution < 1.29 is 0 Å². The molecule has 0 amide bonds. The van der Waals surface area contributed by atoms with E-state index in [0.29, 0.717) is 0 Å². The highest BCUT2D eigenvalue weighted by molar-refractivity contribution is 6.49. The van der Waals surface area contributed by atoms with E-state index in [9.17, 15) is 0 Å². The van der Waals surface area contributed by atoms with Gasteiger partial charge in [0, 0.05) is 0 Å². The Hall–Kier alpha value is 0.0969. The Bertz CT molecular complexity index is 105. The van der Waals surface area contributed by atoms with E-state index in [1.165, 1.54) is 0 Å². The Morgan fingerprint density at radius 3 is 1.25 bits per heavy atom. The maximum atomic E-state index is 2.56. The summed E-state index contributed by atoms with van der Waals surface area (Å²) in [5.41, 5.74) is 0. The number of nitrogens with zero attached hydrogens (tertiary/aromatic N) is 3. The number of hydrogen-bond acceptors (Lipinski definition) is 3. The molecule has 4 heteroatoms. The van der Waals surface area contributed by atoms with Gasteiger partial charge >= 0.3 is 0 Å². The molecule has 3 nitrogen and oxygen atoms in total. The first-order chi connectivity index (χ1) is 5.54. The second-order valence-corrected chi connectivity index (χ2v) is 6.98. The van der Waals surface area contributed by atoms with Crippen LogP contribution in [0.15, 0.2) is 0 Å². The molecule has 0 rings (SSSR count). The van der Waals surface area contributed by atoms with Gasteiger partial charge in [-0.3, -0.25) is 0 Å². The second kappa shape index (κ2) is 5.69. The highest BCUT2D eigenvalue weighted by Gasteiger charge is 2.22. The molecule has 0 saturated carbocycles. The van der Waals surface area contributed by atoms with Crippen molar-refractivity contribution in [3.63, 3.8) is 0 Å². The summed E-state index contributed by atoms with van der Waals surface area (Å²) >= 11 is 0. The molecule has 0 heterocycles. The van der Waals surface area contributed by atoms with E-state index in [1.807, 2.05) is 0 Å². The lowest BCUT2D eigenvalue weighted by atomic mass is 10.7. The number of hydrogen-bond donors (Lipinski definition) is 0. The van der Waals surface area contributed by atoms with Crippen molar-refractivity contribution in [1.29, 1.82) is 0 Å². The van der Waals surface area contributed by atoms with Crippen molar-refractivity contribution in [3.05, 3.63) is 0 Å². The van der Waals surface area contributed by atoms with E-state index < -0.39 is 9.28 Å². The minimum Gasteiger partial charge on any atom is -0.307 e. The van der Waals surface area contributed by atoms with E-state index >= 15 is 0 Å². The SMILES string of the molecule is CCN(CC)[SiH](N(C)C)N(C)C. The van der Waals surface area contributed by atoms with Crippen LogP contribution in [0.5, 0.6) is 0 Å². The van der Waals surface area contributed by atoms with Gasteiger partial charge in [0.05, 0.1) is 0 Å². The van der Waals surface area contributed by atoms with Gasteiger partial charge in [-0.1, -0.05) is 13.8 Å². The van der Waals surface area contributed by atoms with E-state index in [-0.39, 0.29) is 0 Å². The molecule has 0 bridgehead atoms. The van der Waals surface area contributed by atoms with Crippen molar-refractivity contribution in [2.75, 3.05) is 41.3 Å². The predicted octanol–water partition coefficient (Wildman–Crippen LogP) is 0.169. The summed E-state index contributed by atoms with van der Waals surface area (Å²) in [4.78, 5) is 0. The first kappa shape index (κ1) is 12.1. The molecule has 0 N–H and O–H groups in total. The summed E-state index contributed by atoms with van der Waals surface area (Å²) in [5.74, 6) is 0. The van der Waals surface area contributed by atoms with E-state index in [1.54, 1.807) is 0 Å². The minimum atomic E-state index is -0.995. The van der Waals surface area contributed by atoms with Crippen LogP contribution >= 0.6 is 0 Å². The summed E-state index contributed by atoms with van der Waals surface area (Å²) in [6.45, 7) is 6.78. The molecule has 0 atom stereocenters. The topological polar surface area (TPSA) is 9.72 Å². The first-order valence-electron chi connectivity index (χ1n) is 4.61. The molecule has 0 aliphatic heterocycles. The third kappa shape index (κ3) is 3.22. The summed E-state index contributed by atoms with van der Waals surface area (Å²) in [6.07, 6.45) is 0. The zero-order valence-corrected chi connectivity index (χ0v) is 10.5. The summed E-state index contributed by atoms with van der Waals surface area (Å²) < 4.78 is 7.29. The molecule has 0 aromatic rings. The van der Waals surface area contributed by atoms with Gasteiger partial charge in [0.15, 0.2) is 0 Å². The largest absolute Gasteiger partial charge is 0.307 e. The van der Waals surface area contributed by atoms with Gasteiger partial charge in [-0.15, -0.1) is 0 Å². The zero-order valence-electron chi connectivity index (χ0n) is 9.33. The Balaban J connectivity index is 4.26. The standard InChI is InChI=1S/C8H23N3Si/c1-7-11(8-2)12(9(3)4)10(5)6/h12H,7-8H2,1-6H3. The van der Waals surface area contributed by atoms with Crippen molar-refractivity contribution in [2.45, 2.75) is 13.8 Å². The quantitative estimate of drug-likeness (QED) is 0.571. The van der Waals surface area contributed by atoms with E-state index in [2.05, 4.69) is 55.7 Å². The van der Waals surface area contributed by atoms with Gasteiger partial charge < -0.3 is 13.7 Å². The molecule has 0 aromatic heterocycles. The van der Waals surface area contributed by atoms with E-state index in [0.717, 1.165) is 13.1 Å². The normalized spacial score (nSPS) is 12.5. The van der Waals surface area contributed by atoms with Crippen molar-refractivity contribution in [3.8, 4) is 0 Å². The first-order valence-corrected chi connectivity index (χ1v) is 6.16. The lowest BCUT2D eigenvalue weighted by Gasteiger charge is -2.36. The molecule has 12 heavy (non-hydrogen) atoms. The lowest BCUT2D eigenvalue weighted by molar-refractivity contribution is 0.362. The van der Waals surface area contributed by atoms with Crippen LogP contribution in [-0.2, 0) is 0 Å². The fourth-order valence-electron chi connectivity index (χ4n) is 1.67. The average Bonchev–Trinajstić information content (AvgIpc) is 1.98. The molecule has 0 aliphatic rings. The van der Waals surface area contributed by atoms with E-state index in [4.69, 9.17) is 0 Å². The van der Waals surface area contributed by atoms with Gasteiger partial charge in [0.2, 0.25) is 0 Å². The predicted molar refractivity (Wildman–Crippen MR) is 57.4 cm³/mol. The summed E-state index contributed by atoms with van der Waals surface area (Å²) in [6, 6.07) is 0. The molecule has 0 aromatic carbocycles. The fraction of sp³-hybridized carbons (Fsp3) is 1.00. The van der Waals surface area contributed by atoms with Crippen molar-refractivity contribution in [1.82, 2.24) is 13.7 Å². The maximum Gasteiger partial charge on any atom is 0.271 e. The Morgan fingerprint density at radius 2 is 1.17 bits per heavy atom. The molecule has 0 spiro atoms. The fourth-order valence-corrected chi connectivity index (χ4v) is 4.55. The smallest absolute Gasteiger partial charge is 0.271 e. The van der Waals surface area contributed by atoms with Gasteiger partial charge in [0.1, 0.15) is 0 Å². The van der Waals surface area contributed by atoms with Crippen molar-refractivity contribution >= 4 is 9.28 Å². The highest BCUT2D eigenvalue weighted by atomic mass is 28.3. The maximum absolute atomic E-state index is 2.56. The minimum absolute atomic E-state index is 0.995. The second-order valence-electron chi connectivity index (χ2n) is 3.49. The van der Waals surface area contributed by atoms with Crippen LogP contribution in [0.4, 0.5) is 0 Å². The molecule has 0 unspecified atom stereocenters. The van der Waals surface area contributed by atoms with Gasteiger partial charge in [-0.2, -0.15) is 0 Å². The highest BCUT2D eigenvalue weighted by Crippen LogP contribution is 1.99. The molecular weight excluding hydrogens is 166 g/mol. The average molecular weight is 189 g/mol. The van der Waals surface area contributed by atoms with Crippen LogP contribution in [0.25, 0.3) is 0 Å². The van der Waals surface area contributed by atoms with Gasteiger partial charge in [-0.05, 0) is 41.3 Å².